The molecule has 0 saturated heterocycles. The highest BCUT2D eigenvalue weighted by Crippen LogP contribution is 2.38. The largest absolute Gasteiger partial charge is 0.486 e. The van der Waals surface area contributed by atoms with Gasteiger partial charge in [0.1, 0.15) is 13.2 Å². The molecule has 1 aliphatic heterocycles. The van der Waals surface area contributed by atoms with E-state index in [2.05, 4.69) is 10.3 Å². The second-order valence-electron chi connectivity index (χ2n) is 4.45. The number of hydrogen-bond acceptors (Lipinski definition) is 4. The van der Waals surface area contributed by atoms with Crippen LogP contribution in [0.4, 0.5) is 0 Å². The maximum absolute atomic E-state index is 6.20. The quantitative estimate of drug-likeness (QED) is 0.814. The number of aromatic nitrogens is 3. The summed E-state index contributed by atoms with van der Waals surface area (Å²) < 4.78 is 12.8. The zero-order valence-corrected chi connectivity index (χ0v) is 12.2. The van der Waals surface area contributed by atoms with Gasteiger partial charge in [-0.15, -0.1) is 16.7 Å². The summed E-state index contributed by atoms with van der Waals surface area (Å²) in [5, 5.41) is 8.67. The average Bonchev–Trinajstić information content (AvgIpc) is 2.87. The van der Waals surface area contributed by atoms with E-state index in [0.717, 1.165) is 11.3 Å². The predicted molar refractivity (Wildman–Crippen MR) is 76.0 cm³/mol. The number of hydrogen-bond donors (Lipinski definition) is 0. The van der Waals surface area contributed by atoms with Crippen LogP contribution in [0.5, 0.6) is 11.5 Å². The van der Waals surface area contributed by atoms with Gasteiger partial charge < -0.3 is 9.47 Å². The second-order valence-corrected chi connectivity index (χ2v) is 5.23. The van der Waals surface area contributed by atoms with Gasteiger partial charge in [-0.25, -0.2) is 4.68 Å². The van der Waals surface area contributed by atoms with E-state index < -0.39 is 0 Å². The predicted octanol–water partition coefficient (Wildman–Crippen LogP) is 2.53. The molecule has 0 N–H and O–H groups in total. The summed E-state index contributed by atoms with van der Waals surface area (Å²) >= 11 is 11.9. The van der Waals surface area contributed by atoms with Crippen molar-refractivity contribution < 1.29 is 9.47 Å². The Morgan fingerprint density at radius 2 is 2.10 bits per heavy atom. The van der Waals surface area contributed by atoms with E-state index in [9.17, 15) is 0 Å². The first-order valence-electron chi connectivity index (χ1n) is 6.29. The van der Waals surface area contributed by atoms with Crippen LogP contribution in [0.3, 0.4) is 0 Å². The van der Waals surface area contributed by atoms with Gasteiger partial charge in [-0.3, -0.25) is 0 Å². The van der Waals surface area contributed by atoms with Gasteiger partial charge in [0.2, 0.25) is 0 Å². The molecule has 0 atom stereocenters. The normalized spacial score (nSPS) is 13.5. The molecule has 2 aromatic rings. The van der Waals surface area contributed by atoms with E-state index >= 15 is 0 Å². The molecule has 0 bridgehead atoms. The van der Waals surface area contributed by atoms with Crippen molar-refractivity contribution in [2.75, 3.05) is 19.1 Å². The topological polar surface area (TPSA) is 49.2 Å². The Balaban J connectivity index is 1.81. The highest BCUT2D eigenvalue weighted by atomic mass is 35.5. The molecule has 106 valence electrons. The third kappa shape index (κ3) is 2.83. The molecule has 3 rings (SSSR count). The summed E-state index contributed by atoms with van der Waals surface area (Å²) in [5.41, 5.74) is 1.87. The molecule has 0 amide bonds. The van der Waals surface area contributed by atoms with Gasteiger partial charge in [-0.1, -0.05) is 16.8 Å². The molecule has 0 unspecified atom stereocenters. The fraction of sp³-hybridized carbons (Fsp3) is 0.385. The van der Waals surface area contributed by atoms with Gasteiger partial charge in [-0.05, 0) is 17.7 Å². The lowest BCUT2D eigenvalue weighted by Gasteiger charge is -2.20. The fourth-order valence-corrected chi connectivity index (χ4v) is 2.55. The van der Waals surface area contributed by atoms with E-state index in [1.54, 1.807) is 4.68 Å². The highest BCUT2D eigenvalue weighted by Gasteiger charge is 2.16. The Kier molecular flexibility index (Phi) is 3.98. The van der Waals surface area contributed by atoms with Crippen LogP contribution in [0.15, 0.2) is 18.3 Å². The van der Waals surface area contributed by atoms with Gasteiger partial charge in [0.25, 0.3) is 0 Å². The second kappa shape index (κ2) is 5.89. The Morgan fingerprint density at radius 3 is 2.95 bits per heavy atom. The zero-order chi connectivity index (χ0) is 13.9. The van der Waals surface area contributed by atoms with Crippen molar-refractivity contribution >= 4 is 23.2 Å². The van der Waals surface area contributed by atoms with E-state index in [1.165, 1.54) is 0 Å². The standard InChI is InChI=1S/C13H13Cl2N3O2/c14-2-1-10-8-18(17-16-10)7-9-5-11(15)13-12(6-9)19-3-4-20-13/h5-6,8H,1-4,7H2. The summed E-state index contributed by atoms with van der Waals surface area (Å²) in [5.74, 6) is 1.83. The molecular formula is C13H13Cl2N3O2. The van der Waals surface area contributed by atoms with Gasteiger partial charge in [0.05, 0.1) is 17.3 Å². The van der Waals surface area contributed by atoms with Crippen LogP contribution in [0.2, 0.25) is 5.02 Å². The van der Waals surface area contributed by atoms with Gasteiger partial charge >= 0.3 is 0 Å². The number of benzene rings is 1. The summed E-state index contributed by atoms with van der Waals surface area (Å²) in [7, 11) is 0. The van der Waals surface area contributed by atoms with Crippen molar-refractivity contribution in [1.29, 1.82) is 0 Å². The molecular weight excluding hydrogens is 301 g/mol. The van der Waals surface area contributed by atoms with Gasteiger partial charge in [-0.2, -0.15) is 0 Å². The lowest BCUT2D eigenvalue weighted by atomic mass is 10.2. The average molecular weight is 314 g/mol. The van der Waals surface area contributed by atoms with Crippen molar-refractivity contribution in [2.24, 2.45) is 0 Å². The summed E-state index contributed by atoms with van der Waals surface area (Å²) in [6.45, 7) is 1.64. The SMILES string of the molecule is ClCCc1cn(Cc2cc(Cl)c3c(c2)OCCO3)nn1. The summed E-state index contributed by atoms with van der Waals surface area (Å²) in [6.07, 6.45) is 2.59. The molecule has 0 aliphatic carbocycles. The molecule has 5 nitrogen and oxygen atoms in total. The van der Waals surface area contributed by atoms with Crippen LogP contribution in [-0.4, -0.2) is 34.1 Å². The van der Waals surface area contributed by atoms with Crippen LogP contribution in [0.1, 0.15) is 11.3 Å². The lowest BCUT2D eigenvalue weighted by molar-refractivity contribution is 0.171. The maximum atomic E-state index is 6.20. The first-order valence-corrected chi connectivity index (χ1v) is 7.20. The molecule has 1 aromatic carbocycles. The Labute approximate surface area is 126 Å². The Bertz CT molecular complexity index is 616. The first-order chi connectivity index (χ1) is 9.76. The maximum Gasteiger partial charge on any atom is 0.179 e. The number of rotatable bonds is 4. The minimum atomic E-state index is 0.525. The third-order valence-corrected chi connectivity index (χ3v) is 3.41. The molecule has 0 radical (unpaired) electrons. The van der Waals surface area contributed by atoms with E-state index in [-0.39, 0.29) is 0 Å². The molecule has 1 aliphatic rings. The van der Waals surface area contributed by atoms with Crippen LogP contribution >= 0.6 is 23.2 Å². The van der Waals surface area contributed by atoms with Crippen LogP contribution in [-0.2, 0) is 13.0 Å². The third-order valence-electron chi connectivity index (χ3n) is 2.94. The molecule has 2 heterocycles. The number of fused-ring (bicyclic) bond motifs is 1. The number of nitrogens with zero attached hydrogens (tertiary/aromatic N) is 3. The van der Waals surface area contributed by atoms with Gasteiger partial charge in [0, 0.05) is 18.5 Å². The molecule has 1 aromatic heterocycles. The number of alkyl halides is 1. The summed E-state index contributed by atoms with van der Waals surface area (Å²) in [6, 6.07) is 3.78. The lowest BCUT2D eigenvalue weighted by Crippen LogP contribution is -2.16. The van der Waals surface area contributed by atoms with E-state index in [1.807, 2.05) is 18.3 Å². The van der Waals surface area contributed by atoms with Crippen LogP contribution in [0.25, 0.3) is 0 Å². The van der Waals surface area contributed by atoms with E-state index in [0.29, 0.717) is 48.6 Å². The molecule has 0 saturated carbocycles. The van der Waals surface area contributed by atoms with Crippen molar-refractivity contribution in [2.45, 2.75) is 13.0 Å². The number of aryl methyl sites for hydroxylation is 1. The molecule has 0 fully saturated rings. The van der Waals surface area contributed by atoms with Crippen LogP contribution in [0, 0.1) is 0 Å². The zero-order valence-electron chi connectivity index (χ0n) is 10.7. The van der Waals surface area contributed by atoms with Gasteiger partial charge in [0.15, 0.2) is 11.5 Å². The van der Waals surface area contributed by atoms with Crippen molar-refractivity contribution in [1.82, 2.24) is 15.0 Å². The van der Waals surface area contributed by atoms with Crippen molar-refractivity contribution in [3.05, 3.63) is 34.6 Å². The van der Waals surface area contributed by atoms with Crippen molar-refractivity contribution in [3.63, 3.8) is 0 Å². The van der Waals surface area contributed by atoms with Crippen LogP contribution < -0.4 is 9.47 Å². The summed E-state index contributed by atoms with van der Waals surface area (Å²) in [4.78, 5) is 0. The molecule has 20 heavy (non-hydrogen) atoms. The fourth-order valence-electron chi connectivity index (χ4n) is 2.07. The van der Waals surface area contributed by atoms with Crippen molar-refractivity contribution in [3.8, 4) is 11.5 Å². The molecule has 7 heteroatoms. The Hall–Kier alpha value is -1.46. The Morgan fingerprint density at radius 1 is 1.25 bits per heavy atom. The highest BCUT2D eigenvalue weighted by molar-refractivity contribution is 6.32. The molecule has 0 spiro atoms. The monoisotopic (exact) mass is 313 g/mol. The minimum absolute atomic E-state index is 0.525. The van der Waals surface area contributed by atoms with E-state index in [4.69, 9.17) is 32.7 Å². The smallest absolute Gasteiger partial charge is 0.179 e. The minimum Gasteiger partial charge on any atom is -0.486 e. The number of halogens is 2. The number of ether oxygens (including phenoxy) is 2. The first kappa shape index (κ1) is 13.5.